The molecule has 0 spiro atoms. The zero-order chi connectivity index (χ0) is 15.3. The van der Waals surface area contributed by atoms with Crippen molar-refractivity contribution in [1.29, 1.82) is 0 Å². The van der Waals surface area contributed by atoms with Crippen molar-refractivity contribution in [2.45, 2.75) is 19.4 Å². The quantitative estimate of drug-likeness (QED) is 0.868. The van der Waals surface area contributed by atoms with Crippen LogP contribution in [0, 0.1) is 5.82 Å². The van der Waals surface area contributed by atoms with Crippen LogP contribution in [0.3, 0.4) is 0 Å². The molecule has 6 nitrogen and oxygen atoms in total. The summed E-state index contributed by atoms with van der Waals surface area (Å²) in [6, 6.07) is 2.11. The van der Waals surface area contributed by atoms with E-state index in [1.807, 2.05) is 0 Å². The summed E-state index contributed by atoms with van der Waals surface area (Å²) in [7, 11) is 2.73. The predicted molar refractivity (Wildman–Crippen MR) is 71.4 cm³/mol. The summed E-state index contributed by atoms with van der Waals surface area (Å²) in [4.78, 5) is 24.0. The lowest BCUT2D eigenvalue weighted by atomic mass is 10.2. The van der Waals surface area contributed by atoms with E-state index in [1.165, 1.54) is 26.3 Å². The van der Waals surface area contributed by atoms with Gasteiger partial charge in [0.25, 0.3) is 0 Å². The van der Waals surface area contributed by atoms with E-state index in [0.717, 1.165) is 11.0 Å². The summed E-state index contributed by atoms with van der Waals surface area (Å²) in [5.74, 6) is -1.42. The van der Waals surface area contributed by atoms with Crippen LogP contribution in [0.15, 0.2) is 18.2 Å². The molecule has 1 atom stereocenters. The van der Waals surface area contributed by atoms with Gasteiger partial charge in [-0.1, -0.05) is 6.92 Å². The van der Waals surface area contributed by atoms with Gasteiger partial charge in [0.2, 0.25) is 0 Å². The van der Waals surface area contributed by atoms with E-state index >= 15 is 0 Å². The lowest BCUT2D eigenvalue weighted by molar-refractivity contribution is -0.141. The number of likely N-dealkylation sites (N-methyl/N-ethyl adjacent to an activating group) is 1. The highest BCUT2D eigenvalue weighted by atomic mass is 19.1. The minimum atomic E-state index is -1.09. The van der Waals surface area contributed by atoms with Gasteiger partial charge < -0.3 is 20.1 Å². The van der Waals surface area contributed by atoms with E-state index < -0.39 is 23.9 Å². The van der Waals surface area contributed by atoms with Crippen molar-refractivity contribution in [3.8, 4) is 5.75 Å². The van der Waals surface area contributed by atoms with E-state index in [0.29, 0.717) is 0 Å². The summed E-state index contributed by atoms with van der Waals surface area (Å²) in [6.07, 6.45) is 0.278. The molecule has 20 heavy (non-hydrogen) atoms. The Morgan fingerprint density at radius 3 is 2.65 bits per heavy atom. The number of carbonyl (C=O) groups is 2. The van der Waals surface area contributed by atoms with Crippen LogP contribution >= 0.6 is 0 Å². The molecule has 1 aromatic rings. The van der Waals surface area contributed by atoms with Crippen LogP contribution in [0.25, 0.3) is 0 Å². The number of nitrogens with zero attached hydrogens (tertiary/aromatic N) is 1. The summed E-state index contributed by atoms with van der Waals surface area (Å²) in [5, 5.41) is 11.5. The largest absolute Gasteiger partial charge is 0.494 e. The maximum atomic E-state index is 13.0. The fourth-order valence-electron chi connectivity index (χ4n) is 1.73. The van der Waals surface area contributed by atoms with Gasteiger partial charge in [0.05, 0.1) is 12.8 Å². The number of ether oxygens (including phenoxy) is 1. The van der Waals surface area contributed by atoms with Gasteiger partial charge in [0.1, 0.15) is 17.6 Å². The number of carboxylic acid groups (broad SMARTS) is 1. The fourth-order valence-corrected chi connectivity index (χ4v) is 1.73. The highest BCUT2D eigenvalue weighted by Gasteiger charge is 2.25. The van der Waals surface area contributed by atoms with Gasteiger partial charge in [-0.05, 0) is 18.6 Å². The Morgan fingerprint density at radius 1 is 1.50 bits per heavy atom. The fraction of sp³-hybridized carbons (Fsp3) is 0.385. The topological polar surface area (TPSA) is 78.9 Å². The molecule has 2 amide bonds. The minimum Gasteiger partial charge on any atom is -0.494 e. The summed E-state index contributed by atoms with van der Waals surface area (Å²) in [6.45, 7) is 1.67. The highest BCUT2D eigenvalue weighted by Crippen LogP contribution is 2.25. The first-order valence-electron chi connectivity index (χ1n) is 6.00. The van der Waals surface area contributed by atoms with Crippen LogP contribution in [0.5, 0.6) is 5.75 Å². The van der Waals surface area contributed by atoms with Gasteiger partial charge in [-0.2, -0.15) is 0 Å². The van der Waals surface area contributed by atoms with Crippen LogP contribution in [0.1, 0.15) is 13.3 Å². The number of carbonyl (C=O) groups excluding carboxylic acids is 1. The molecule has 0 bridgehead atoms. The predicted octanol–water partition coefficient (Wildman–Crippen LogP) is 2.16. The average molecular weight is 284 g/mol. The van der Waals surface area contributed by atoms with Crippen molar-refractivity contribution in [2.75, 3.05) is 19.5 Å². The molecule has 0 heterocycles. The molecule has 0 radical (unpaired) electrons. The van der Waals surface area contributed by atoms with Crippen molar-refractivity contribution in [3.05, 3.63) is 24.0 Å². The van der Waals surface area contributed by atoms with Crippen LogP contribution in [-0.2, 0) is 4.79 Å². The van der Waals surface area contributed by atoms with E-state index in [4.69, 9.17) is 9.84 Å². The lowest BCUT2D eigenvalue weighted by Gasteiger charge is -2.24. The van der Waals surface area contributed by atoms with Crippen molar-refractivity contribution < 1.29 is 23.8 Å². The lowest BCUT2D eigenvalue weighted by Crippen LogP contribution is -2.44. The van der Waals surface area contributed by atoms with E-state index in [-0.39, 0.29) is 17.9 Å². The molecule has 7 heteroatoms. The molecule has 0 saturated heterocycles. The SMILES string of the molecule is CCC(C(=O)O)N(C)C(=O)Nc1ccc(F)cc1OC. The van der Waals surface area contributed by atoms with Gasteiger partial charge in [0.15, 0.2) is 0 Å². The van der Waals surface area contributed by atoms with Gasteiger partial charge in [0, 0.05) is 13.1 Å². The van der Waals surface area contributed by atoms with Crippen LogP contribution in [-0.4, -0.2) is 42.2 Å². The minimum absolute atomic E-state index is 0.162. The standard InChI is InChI=1S/C13H17FN2O4/c1-4-10(12(17)18)16(2)13(19)15-9-6-5-8(14)7-11(9)20-3/h5-7,10H,4H2,1-3H3,(H,15,19)(H,17,18). The Labute approximate surface area is 116 Å². The second-order valence-corrected chi connectivity index (χ2v) is 4.15. The third-order valence-electron chi connectivity index (χ3n) is 2.86. The molecular weight excluding hydrogens is 267 g/mol. The smallest absolute Gasteiger partial charge is 0.326 e. The number of nitrogens with one attached hydrogen (secondary N) is 1. The summed E-state index contributed by atoms with van der Waals surface area (Å²) >= 11 is 0. The first-order chi connectivity index (χ1) is 9.40. The molecule has 0 saturated carbocycles. The second kappa shape index (κ2) is 6.74. The number of hydrogen-bond donors (Lipinski definition) is 2. The van der Waals surface area contributed by atoms with Crippen LogP contribution < -0.4 is 10.1 Å². The van der Waals surface area contributed by atoms with Gasteiger partial charge >= 0.3 is 12.0 Å². The van der Waals surface area contributed by atoms with Crippen molar-refractivity contribution in [3.63, 3.8) is 0 Å². The molecule has 0 aromatic heterocycles. The average Bonchev–Trinajstić information content (AvgIpc) is 2.40. The number of amides is 2. The molecule has 0 fully saturated rings. The van der Waals surface area contributed by atoms with Crippen molar-refractivity contribution in [1.82, 2.24) is 4.90 Å². The number of aliphatic carboxylic acids is 1. The van der Waals surface area contributed by atoms with Gasteiger partial charge in [-0.3, -0.25) is 0 Å². The normalized spacial score (nSPS) is 11.6. The summed E-state index contributed by atoms with van der Waals surface area (Å²) < 4.78 is 18.0. The maximum absolute atomic E-state index is 13.0. The third kappa shape index (κ3) is 3.59. The third-order valence-corrected chi connectivity index (χ3v) is 2.86. The molecule has 0 aliphatic carbocycles. The zero-order valence-electron chi connectivity index (χ0n) is 11.5. The number of hydrogen-bond acceptors (Lipinski definition) is 3. The molecule has 1 aromatic carbocycles. The summed E-state index contributed by atoms with van der Waals surface area (Å²) in [5.41, 5.74) is 0.269. The van der Waals surface area contributed by atoms with Crippen LogP contribution in [0.2, 0.25) is 0 Å². The van der Waals surface area contributed by atoms with E-state index in [9.17, 15) is 14.0 Å². The molecule has 110 valence electrons. The number of benzene rings is 1. The number of rotatable bonds is 5. The molecule has 0 aliphatic heterocycles. The number of anilines is 1. The Hall–Kier alpha value is -2.31. The van der Waals surface area contributed by atoms with Crippen molar-refractivity contribution >= 4 is 17.7 Å². The van der Waals surface area contributed by atoms with Crippen LogP contribution in [0.4, 0.5) is 14.9 Å². The Morgan fingerprint density at radius 2 is 2.15 bits per heavy atom. The number of carboxylic acids is 1. The van der Waals surface area contributed by atoms with Crippen molar-refractivity contribution in [2.24, 2.45) is 0 Å². The van der Waals surface area contributed by atoms with Gasteiger partial charge in [-0.15, -0.1) is 0 Å². The molecular formula is C13H17FN2O4. The number of methoxy groups -OCH3 is 1. The number of urea groups is 1. The Balaban J connectivity index is 2.87. The van der Waals surface area contributed by atoms with E-state index in [2.05, 4.69) is 5.32 Å². The monoisotopic (exact) mass is 284 g/mol. The first kappa shape index (κ1) is 15.7. The molecule has 2 N–H and O–H groups in total. The Bertz CT molecular complexity index is 507. The first-order valence-corrected chi connectivity index (χ1v) is 6.00. The molecule has 1 unspecified atom stereocenters. The van der Waals surface area contributed by atoms with E-state index in [1.54, 1.807) is 6.92 Å². The number of halogens is 1. The zero-order valence-corrected chi connectivity index (χ0v) is 11.5. The molecule has 1 rings (SSSR count). The molecule has 0 aliphatic rings. The Kier molecular flexibility index (Phi) is 5.31. The maximum Gasteiger partial charge on any atom is 0.326 e. The highest BCUT2D eigenvalue weighted by molar-refractivity contribution is 5.93. The van der Waals surface area contributed by atoms with Gasteiger partial charge in [-0.25, -0.2) is 14.0 Å². The second-order valence-electron chi connectivity index (χ2n) is 4.15.